The number of benzene rings is 2. The summed E-state index contributed by atoms with van der Waals surface area (Å²) < 4.78 is 5.98. The fraction of sp³-hybridized carbons (Fsp3) is 0.316. The van der Waals surface area contributed by atoms with Gasteiger partial charge in [0.2, 0.25) is 0 Å². The van der Waals surface area contributed by atoms with Gasteiger partial charge in [0.05, 0.1) is 0 Å². The van der Waals surface area contributed by atoms with Crippen molar-refractivity contribution in [2.45, 2.75) is 32.4 Å². The van der Waals surface area contributed by atoms with Gasteiger partial charge in [-0.3, -0.25) is 4.79 Å². The van der Waals surface area contributed by atoms with E-state index in [4.69, 9.17) is 22.1 Å². The van der Waals surface area contributed by atoms with Crippen LogP contribution in [0.25, 0.3) is 11.1 Å². The van der Waals surface area contributed by atoms with Crippen molar-refractivity contribution in [2.24, 2.45) is 5.73 Å². The van der Waals surface area contributed by atoms with E-state index >= 15 is 0 Å². The molecule has 1 heterocycles. The van der Waals surface area contributed by atoms with Gasteiger partial charge in [0.1, 0.15) is 11.9 Å². The molecule has 0 spiro atoms. The smallest absolute Gasteiger partial charge is 0.251 e. The van der Waals surface area contributed by atoms with Crippen LogP contribution in [0.15, 0.2) is 36.4 Å². The molecule has 1 atom stereocenters. The molecule has 5 heteroatoms. The van der Waals surface area contributed by atoms with E-state index in [1.165, 1.54) is 0 Å². The van der Waals surface area contributed by atoms with Crippen molar-refractivity contribution in [3.8, 4) is 16.9 Å². The molecule has 0 aliphatic carbocycles. The maximum Gasteiger partial charge on any atom is 0.251 e. The van der Waals surface area contributed by atoms with Crippen molar-refractivity contribution in [3.63, 3.8) is 0 Å². The average Bonchev–Trinajstić information content (AvgIpc) is 2.96. The summed E-state index contributed by atoms with van der Waals surface area (Å²) in [7, 11) is 0. The van der Waals surface area contributed by atoms with Gasteiger partial charge in [0.25, 0.3) is 5.91 Å². The van der Waals surface area contributed by atoms with Crippen LogP contribution in [0.5, 0.6) is 5.75 Å². The first-order valence-corrected chi connectivity index (χ1v) is 8.46. The van der Waals surface area contributed by atoms with Crippen LogP contribution < -0.4 is 15.8 Å². The zero-order valence-electron chi connectivity index (χ0n) is 13.8. The van der Waals surface area contributed by atoms with E-state index in [2.05, 4.69) is 5.32 Å². The minimum atomic E-state index is -0.0914. The standard InChI is InChI=1S/C19H21ClN2O2/c1-11(2)22-19(23)13-5-3-4-12(6-13)17-9-15(20)7-14-8-16(10-21)24-18(14)17/h3-7,9,11,16H,8,10,21H2,1-2H3,(H,22,23). The lowest BCUT2D eigenvalue weighted by Crippen LogP contribution is -2.30. The maximum atomic E-state index is 12.3. The second-order valence-corrected chi connectivity index (χ2v) is 6.77. The molecule has 0 saturated carbocycles. The largest absolute Gasteiger partial charge is 0.488 e. The molecular formula is C19H21ClN2O2. The number of halogens is 1. The Morgan fingerprint density at radius 2 is 2.17 bits per heavy atom. The fourth-order valence-electron chi connectivity index (χ4n) is 2.91. The summed E-state index contributed by atoms with van der Waals surface area (Å²) in [6.07, 6.45) is 0.733. The minimum Gasteiger partial charge on any atom is -0.488 e. The van der Waals surface area contributed by atoms with E-state index in [1.807, 2.05) is 44.2 Å². The fourth-order valence-corrected chi connectivity index (χ4v) is 3.15. The van der Waals surface area contributed by atoms with Crippen LogP contribution in [0.1, 0.15) is 29.8 Å². The second-order valence-electron chi connectivity index (χ2n) is 6.33. The molecule has 126 valence electrons. The van der Waals surface area contributed by atoms with E-state index in [0.717, 1.165) is 28.9 Å². The highest BCUT2D eigenvalue weighted by molar-refractivity contribution is 6.31. The monoisotopic (exact) mass is 344 g/mol. The van der Waals surface area contributed by atoms with Gasteiger partial charge in [-0.2, -0.15) is 0 Å². The summed E-state index contributed by atoms with van der Waals surface area (Å²) in [5.41, 5.74) is 9.21. The van der Waals surface area contributed by atoms with Crippen LogP contribution in [-0.2, 0) is 6.42 Å². The Bertz CT molecular complexity index is 774. The molecule has 24 heavy (non-hydrogen) atoms. The van der Waals surface area contributed by atoms with Crippen LogP contribution >= 0.6 is 11.6 Å². The molecule has 4 nitrogen and oxygen atoms in total. The van der Waals surface area contributed by atoms with Crippen molar-refractivity contribution in [2.75, 3.05) is 6.54 Å². The van der Waals surface area contributed by atoms with Crippen LogP contribution in [-0.4, -0.2) is 24.6 Å². The Hall–Kier alpha value is -2.04. The number of fused-ring (bicyclic) bond motifs is 1. The Morgan fingerprint density at radius 1 is 1.38 bits per heavy atom. The summed E-state index contributed by atoms with van der Waals surface area (Å²) in [5.74, 6) is 0.725. The van der Waals surface area contributed by atoms with Crippen molar-refractivity contribution in [1.29, 1.82) is 0 Å². The van der Waals surface area contributed by atoms with E-state index < -0.39 is 0 Å². The first-order chi connectivity index (χ1) is 11.5. The SMILES string of the molecule is CC(C)NC(=O)c1cccc(-c2cc(Cl)cc3c2OC(CN)C3)c1. The molecule has 0 bridgehead atoms. The van der Waals surface area contributed by atoms with Crippen LogP contribution in [0.4, 0.5) is 0 Å². The van der Waals surface area contributed by atoms with E-state index in [-0.39, 0.29) is 18.1 Å². The Morgan fingerprint density at radius 3 is 2.88 bits per heavy atom. The molecule has 3 N–H and O–H groups in total. The van der Waals surface area contributed by atoms with Gasteiger partial charge >= 0.3 is 0 Å². The molecule has 0 fully saturated rings. The lowest BCUT2D eigenvalue weighted by molar-refractivity contribution is 0.0943. The maximum absolute atomic E-state index is 12.3. The Labute approximate surface area is 147 Å². The number of nitrogens with two attached hydrogens (primary N) is 1. The van der Waals surface area contributed by atoms with Gasteiger partial charge in [0.15, 0.2) is 0 Å². The topological polar surface area (TPSA) is 64.3 Å². The number of amides is 1. The van der Waals surface area contributed by atoms with Crippen molar-refractivity contribution in [3.05, 3.63) is 52.5 Å². The number of hydrogen-bond acceptors (Lipinski definition) is 3. The van der Waals surface area contributed by atoms with Gasteiger partial charge in [-0.05, 0) is 49.2 Å². The van der Waals surface area contributed by atoms with E-state index in [0.29, 0.717) is 17.1 Å². The van der Waals surface area contributed by atoms with Crippen molar-refractivity contribution < 1.29 is 9.53 Å². The average molecular weight is 345 g/mol. The first kappa shape index (κ1) is 16.8. The zero-order valence-corrected chi connectivity index (χ0v) is 14.6. The van der Waals surface area contributed by atoms with Crippen molar-refractivity contribution >= 4 is 17.5 Å². The number of carbonyl (C=O) groups excluding carboxylic acids is 1. The first-order valence-electron chi connectivity index (χ1n) is 8.08. The third-order valence-corrected chi connectivity index (χ3v) is 4.20. The number of hydrogen-bond donors (Lipinski definition) is 2. The third-order valence-electron chi connectivity index (χ3n) is 3.98. The van der Waals surface area contributed by atoms with Gasteiger partial charge in [0, 0.05) is 35.2 Å². The van der Waals surface area contributed by atoms with Gasteiger partial charge in [-0.15, -0.1) is 0 Å². The van der Waals surface area contributed by atoms with Gasteiger partial charge in [-0.25, -0.2) is 0 Å². The van der Waals surface area contributed by atoms with Crippen molar-refractivity contribution in [1.82, 2.24) is 5.32 Å². The lowest BCUT2D eigenvalue weighted by Gasteiger charge is -2.13. The Kier molecular flexibility index (Phi) is 4.78. The van der Waals surface area contributed by atoms with Crippen LogP contribution in [0.3, 0.4) is 0 Å². The summed E-state index contributed by atoms with van der Waals surface area (Å²) in [4.78, 5) is 12.3. The predicted octanol–water partition coefficient (Wildman–Crippen LogP) is 3.41. The minimum absolute atomic E-state index is 0.0235. The highest BCUT2D eigenvalue weighted by Gasteiger charge is 2.26. The molecule has 3 rings (SSSR count). The summed E-state index contributed by atoms with van der Waals surface area (Å²) in [6, 6.07) is 11.4. The molecule has 0 saturated heterocycles. The summed E-state index contributed by atoms with van der Waals surface area (Å²) in [5, 5.41) is 3.56. The number of nitrogens with one attached hydrogen (secondary N) is 1. The quantitative estimate of drug-likeness (QED) is 0.893. The van der Waals surface area contributed by atoms with Crippen LogP contribution in [0, 0.1) is 0 Å². The predicted molar refractivity (Wildman–Crippen MR) is 96.7 cm³/mol. The molecule has 1 unspecified atom stereocenters. The molecule has 0 radical (unpaired) electrons. The molecule has 1 aliphatic rings. The Balaban J connectivity index is 2.00. The third kappa shape index (κ3) is 3.40. The zero-order chi connectivity index (χ0) is 17.3. The highest BCUT2D eigenvalue weighted by atomic mass is 35.5. The summed E-state index contributed by atoms with van der Waals surface area (Å²) in [6.45, 7) is 4.33. The molecular weight excluding hydrogens is 324 g/mol. The summed E-state index contributed by atoms with van der Waals surface area (Å²) >= 11 is 6.27. The number of ether oxygens (including phenoxy) is 1. The normalized spacial score (nSPS) is 16.0. The number of rotatable bonds is 4. The van der Waals surface area contributed by atoms with Gasteiger partial charge in [-0.1, -0.05) is 23.7 Å². The van der Waals surface area contributed by atoms with Gasteiger partial charge < -0.3 is 15.8 Å². The second kappa shape index (κ2) is 6.83. The van der Waals surface area contributed by atoms with E-state index in [9.17, 15) is 4.79 Å². The molecule has 0 aromatic heterocycles. The van der Waals surface area contributed by atoms with E-state index in [1.54, 1.807) is 6.07 Å². The lowest BCUT2D eigenvalue weighted by atomic mass is 9.98. The molecule has 1 aliphatic heterocycles. The molecule has 2 aromatic rings. The highest BCUT2D eigenvalue weighted by Crippen LogP contribution is 2.41. The number of carbonyl (C=O) groups is 1. The van der Waals surface area contributed by atoms with Crippen LogP contribution in [0.2, 0.25) is 5.02 Å². The molecule has 1 amide bonds. The molecule has 2 aromatic carbocycles.